The molecule has 0 bridgehead atoms. The maximum atomic E-state index is 11.7. The van der Waals surface area contributed by atoms with E-state index in [1.165, 1.54) is 6.92 Å². The number of benzene rings is 2. The van der Waals surface area contributed by atoms with Gasteiger partial charge in [-0.1, -0.05) is 15.9 Å². The third kappa shape index (κ3) is 6.37. The second-order valence-corrected chi connectivity index (χ2v) is 7.11. The molecule has 126 valence electrons. The Balaban J connectivity index is 1.64. The number of thioether (sulfide) groups is 1. The fourth-order valence-corrected chi connectivity index (χ4v) is 2.91. The second kappa shape index (κ2) is 9.49. The van der Waals surface area contributed by atoms with Crippen molar-refractivity contribution in [2.24, 2.45) is 0 Å². The molecule has 0 atom stereocenters. The zero-order valence-corrected chi connectivity index (χ0v) is 15.7. The molecule has 0 saturated carbocycles. The molecule has 0 saturated heterocycles. The lowest BCUT2D eigenvalue weighted by molar-refractivity contribution is -0.122. The molecular formula is C18H18BrNO3S. The van der Waals surface area contributed by atoms with Gasteiger partial charge in [0.1, 0.15) is 5.75 Å². The van der Waals surface area contributed by atoms with Crippen molar-refractivity contribution in [1.82, 2.24) is 5.32 Å². The van der Waals surface area contributed by atoms with E-state index in [-0.39, 0.29) is 18.3 Å². The molecule has 0 aliphatic rings. The van der Waals surface area contributed by atoms with Crippen LogP contribution in [-0.2, 0) is 4.79 Å². The Morgan fingerprint density at radius 1 is 1.08 bits per heavy atom. The molecule has 2 aromatic carbocycles. The molecule has 24 heavy (non-hydrogen) atoms. The Bertz CT molecular complexity index is 686. The van der Waals surface area contributed by atoms with Gasteiger partial charge in [0.25, 0.3) is 5.91 Å². The Labute approximate surface area is 154 Å². The molecule has 1 amide bonds. The van der Waals surface area contributed by atoms with Gasteiger partial charge in [-0.2, -0.15) is 0 Å². The van der Waals surface area contributed by atoms with Crippen LogP contribution in [0.5, 0.6) is 5.75 Å². The number of ketones is 1. The van der Waals surface area contributed by atoms with Gasteiger partial charge in [-0.3, -0.25) is 9.59 Å². The van der Waals surface area contributed by atoms with Gasteiger partial charge in [-0.25, -0.2) is 0 Å². The molecule has 0 heterocycles. The molecule has 0 unspecified atom stereocenters. The summed E-state index contributed by atoms with van der Waals surface area (Å²) in [6, 6.07) is 14.8. The van der Waals surface area contributed by atoms with Crippen molar-refractivity contribution in [1.29, 1.82) is 0 Å². The topological polar surface area (TPSA) is 55.4 Å². The van der Waals surface area contributed by atoms with Crippen molar-refractivity contribution in [3.63, 3.8) is 0 Å². The maximum absolute atomic E-state index is 11.7. The quantitative estimate of drug-likeness (QED) is 0.409. The molecule has 0 fully saturated rings. The highest BCUT2D eigenvalue weighted by Gasteiger charge is 2.04. The van der Waals surface area contributed by atoms with Crippen molar-refractivity contribution in [3.05, 3.63) is 58.6 Å². The van der Waals surface area contributed by atoms with Crippen LogP contribution in [0.25, 0.3) is 0 Å². The van der Waals surface area contributed by atoms with Crippen LogP contribution in [0.1, 0.15) is 17.3 Å². The van der Waals surface area contributed by atoms with Crippen LogP contribution in [0.3, 0.4) is 0 Å². The number of carbonyl (C=O) groups excluding carboxylic acids is 2. The molecule has 0 spiro atoms. The predicted molar refractivity (Wildman–Crippen MR) is 99.8 cm³/mol. The van der Waals surface area contributed by atoms with E-state index in [0.717, 1.165) is 15.1 Å². The summed E-state index contributed by atoms with van der Waals surface area (Å²) in [6.45, 7) is 2.05. The summed E-state index contributed by atoms with van der Waals surface area (Å²) in [4.78, 5) is 24.1. The van der Waals surface area contributed by atoms with E-state index in [9.17, 15) is 9.59 Å². The Hall–Kier alpha value is -1.79. The van der Waals surface area contributed by atoms with Crippen molar-refractivity contribution in [3.8, 4) is 5.75 Å². The summed E-state index contributed by atoms with van der Waals surface area (Å²) in [5, 5.41) is 2.82. The van der Waals surface area contributed by atoms with Crippen molar-refractivity contribution >= 4 is 39.4 Å². The highest BCUT2D eigenvalue weighted by molar-refractivity contribution is 9.10. The summed E-state index contributed by atoms with van der Waals surface area (Å²) in [5.74, 6) is 1.20. The number of rotatable bonds is 8. The highest BCUT2D eigenvalue weighted by atomic mass is 79.9. The largest absolute Gasteiger partial charge is 0.484 e. The van der Waals surface area contributed by atoms with Crippen LogP contribution >= 0.6 is 27.7 Å². The minimum atomic E-state index is -0.165. The molecule has 2 rings (SSSR count). The predicted octanol–water partition coefficient (Wildman–Crippen LogP) is 3.94. The summed E-state index contributed by atoms with van der Waals surface area (Å²) in [6.07, 6.45) is 0. The molecule has 0 aromatic heterocycles. The molecular weight excluding hydrogens is 390 g/mol. The van der Waals surface area contributed by atoms with Crippen molar-refractivity contribution in [2.75, 3.05) is 18.9 Å². The first-order chi connectivity index (χ1) is 11.5. The third-order valence-corrected chi connectivity index (χ3v) is 4.68. The van der Waals surface area contributed by atoms with Crippen molar-refractivity contribution in [2.45, 2.75) is 11.8 Å². The summed E-state index contributed by atoms with van der Waals surface area (Å²) in [7, 11) is 0. The number of nitrogens with one attached hydrogen (secondary N) is 1. The minimum Gasteiger partial charge on any atom is -0.484 e. The van der Waals surface area contributed by atoms with Gasteiger partial charge in [0, 0.05) is 27.2 Å². The minimum absolute atomic E-state index is 0.00238. The van der Waals surface area contributed by atoms with Crippen molar-refractivity contribution < 1.29 is 14.3 Å². The van der Waals surface area contributed by atoms with E-state index < -0.39 is 0 Å². The normalized spacial score (nSPS) is 10.2. The maximum Gasteiger partial charge on any atom is 0.257 e. The molecule has 2 aromatic rings. The number of Topliss-reactive ketones (excluding diaryl/α,β-unsaturated/α-hetero) is 1. The van der Waals surface area contributed by atoms with E-state index in [0.29, 0.717) is 17.9 Å². The molecule has 0 aliphatic carbocycles. The summed E-state index contributed by atoms with van der Waals surface area (Å²) in [5.41, 5.74) is 0.622. The third-order valence-electron chi connectivity index (χ3n) is 3.14. The van der Waals surface area contributed by atoms with Crippen LogP contribution in [0.4, 0.5) is 0 Å². The van der Waals surface area contributed by atoms with Gasteiger partial charge in [0.15, 0.2) is 12.4 Å². The molecule has 0 aliphatic heterocycles. The van der Waals surface area contributed by atoms with E-state index >= 15 is 0 Å². The van der Waals surface area contributed by atoms with Crippen LogP contribution < -0.4 is 10.1 Å². The second-order valence-electron chi connectivity index (χ2n) is 5.02. The molecule has 0 radical (unpaired) electrons. The smallest absolute Gasteiger partial charge is 0.257 e. The Morgan fingerprint density at radius 3 is 2.38 bits per heavy atom. The Morgan fingerprint density at radius 2 is 1.75 bits per heavy atom. The van der Waals surface area contributed by atoms with Crippen LogP contribution in [0, 0.1) is 0 Å². The summed E-state index contributed by atoms with van der Waals surface area (Å²) >= 11 is 5.08. The van der Waals surface area contributed by atoms with E-state index in [4.69, 9.17) is 4.74 Å². The number of ether oxygens (including phenoxy) is 1. The van der Waals surface area contributed by atoms with Gasteiger partial charge < -0.3 is 10.1 Å². The first-order valence-corrected chi connectivity index (χ1v) is 9.21. The lowest BCUT2D eigenvalue weighted by Gasteiger charge is -2.08. The standard InChI is InChI=1S/C18H18BrNO3S/c1-13(21)14-2-6-16(7-3-14)23-12-18(22)20-10-11-24-17-8-4-15(19)5-9-17/h2-9H,10-12H2,1H3,(H,20,22). The zero-order chi connectivity index (χ0) is 17.4. The van der Waals surface area contributed by atoms with E-state index in [2.05, 4.69) is 21.2 Å². The van der Waals surface area contributed by atoms with Crippen LogP contribution in [0.2, 0.25) is 0 Å². The number of hydrogen-bond acceptors (Lipinski definition) is 4. The lowest BCUT2D eigenvalue weighted by atomic mass is 10.1. The SMILES string of the molecule is CC(=O)c1ccc(OCC(=O)NCCSc2ccc(Br)cc2)cc1. The first kappa shape index (κ1) is 18.5. The van der Waals surface area contributed by atoms with E-state index in [1.807, 2.05) is 24.3 Å². The number of hydrogen-bond donors (Lipinski definition) is 1. The molecule has 4 nitrogen and oxygen atoms in total. The van der Waals surface area contributed by atoms with Gasteiger partial charge in [0.05, 0.1) is 0 Å². The Kier molecular flexibility index (Phi) is 7.34. The van der Waals surface area contributed by atoms with Crippen LogP contribution in [-0.4, -0.2) is 30.6 Å². The van der Waals surface area contributed by atoms with E-state index in [1.54, 1.807) is 36.0 Å². The van der Waals surface area contributed by atoms with Crippen LogP contribution in [0.15, 0.2) is 57.9 Å². The average molecular weight is 408 g/mol. The van der Waals surface area contributed by atoms with Gasteiger partial charge in [-0.05, 0) is 55.5 Å². The van der Waals surface area contributed by atoms with Gasteiger partial charge >= 0.3 is 0 Å². The summed E-state index contributed by atoms with van der Waals surface area (Å²) < 4.78 is 6.45. The monoisotopic (exact) mass is 407 g/mol. The van der Waals surface area contributed by atoms with Gasteiger partial charge in [0.2, 0.25) is 0 Å². The molecule has 6 heteroatoms. The lowest BCUT2D eigenvalue weighted by Crippen LogP contribution is -2.30. The highest BCUT2D eigenvalue weighted by Crippen LogP contribution is 2.19. The zero-order valence-electron chi connectivity index (χ0n) is 13.3. The number of carbonyl (C=O) groups is 2. The first-order valence-electron chi connectivity index (χ1n) is 7.43. The average Bonchev–Trinajstić information content (AvgIpc) is 2.59. The fraction of sp³-hybridized carbons (Fsp3) is 0.222. The number of halogens is 1. The number of amides is 1. The molecule has 1 N–H and O–H groups in total. The van der Waals surface area contributed by atoms with Gasteiger partial charge in [-0.15, -0.1) is 11.8 Å². The fourth-order valence-electron chi connectivity index (χ4n) is 1.88.